The van der Waals surface area contributed by atoms with E-state index in [1.165, 1.54) is 12.1 Å². The summed E-state index contributed by atoms with van der Waals surface area (Å²) >= 11 is 0. The minimum absolute atomic E-state index is 0.0162. The van der Waals surface area contributed by atoms with E-state index in [0.29, 0.717) is 36.3 Å². The molecule has 0 saturated heterocycles. The van der Waals surface area contributed by atoms with Gasteiger partial charge in [0.05, 0.1) is 30.4 Å². The molecule has 156 valence electrons. The highest BCUT2D eigenvalue weighted by Crippen LogP contribution is 2.36. The average Bonchev–Trinajstić information content (AvgIpc) is 2.74. The Labute approximate surface area is 173 Å². The summed E-state index contributed by atoms with van der Waals surface area (Å²) in [5.41, 5.74) is 5.24. The van der Waals surface area contributed by atoms with Gasteiger partial charge in [-0.3, -0.25) is 4.79 Å². The first-order chi connectivity index (χ1) is 14.4. The number of carbonyl (C=O) groups excluding carboxylic acids is 1. The number of amides is 1. The number of hydrogen-bond acceptors (Lipinski definition) is 4. The van der Waals surface area contributed by atoms with E-state index in [9.17, 15) is 4.79 Å². The summed E-state index contributed by atoms with van der Waals surface area (Å²) in [6, 6.07) is 10.7. The largest absolute Gasteiger partial charge is 0.377 e. The van der Waals surface area contributed by atoms with Gasteiger partial charge in [-0.15, -0.1) is 0 Å². The molecule has 1 amide bonds. The van der Waals surface area contributed by atoms with E-state index in [2.05, 4.69) is 0 Å². The minimum Gasteiger partial charge on any atom is -0.377 e. The molecular formula is C23H22F2N2O3. The number of nitrogens with zero attached hydrogens (tertiary/aromatic N) is 1. The Balaban J connectivity index is 2.10. The number of halogens is 2. The highest BCUT2D eigenvalue weighted by atomic mass is 19.1. The number of hydrogen-bond donors (Lipinski definition) is 1. The number of carbonyl (C=O) groups is 1. The van der Waals surface area contributed by atoms with E-state index in [4.69, 9.17) is 20.5 Å². The van der Waals surface area contributed by atoms with Gasteiger partial charge >= 0.3 is 0 Å². The first-order valence-electron chi connectivity index (χ1n) is 9.61. The van der Waals surface area contributed by atoms with Crippen LogP contribution in [0.2, 0.25) is 0 Å². The van der Waals surface area contributed by atoms with Crippen LogP contribution in [-0.2, 0) is 26.3 Å². The Hall–Kier alpha value is -3.08. The van der Waals surface area contributed by atoms with Crippen molar-refractivity contribution in [1.29, 1.82) is 5.26 Å². The molecule has 5 nitrogen and oxygen atoms in total. The summed E-state index contributed by atoms with van der Waals surface area (Å²) in [5, 5.41) is 8.96. The second kappa shape index (κ2) is 9.16. The molecule has 1 aliphatic rings. The summed E-state index contributed by atoms with van der Waals surface area (Å²) in [7, 11) is 0. The molecule has 0 aliphatic carbocycles. The van der Waals surface area contributed by atoms with Gasteiger partial charge in [0.25, 0.3) is 5.91 Å². The SMILES string of the molecule is CCOC(Cc1ccc(C#N)cc1)(C(N)=O)c1c(F)cc(C2=CCOCC2)cc1F. The lowest BCUT2D eigenvalue weighted by molar-refractivity contribution is -0.145. The zero-order valence-corrected chi connectivity index (χ0v) is 16.6. The standard InChI is InChI=1S/C23H22F2N2O3/c1-2-30-23(22(27)28,13-15-3-5-16(14-26)6-4-15)21-19(24)11-18(12-20(21)25)17-7-9-29-10-8-17/h3-7,11-12H,2,8-10,13H2,1H3,(H2,27,28). The first kappa shape index (κ1) is 21.6. The highest BCUT2D eigenvalue weighted by Gasteiger charge is 2.44. The zero-order chi connectivity index (χ0) is 21.7. The monoisotopic (exact) mass is 412 g/mol. The molecule has 0 saturated carbocycles. The fraction of sp³-hybridized carbons (Fsp3) is 0.304. The fourth-order valence-electron chi connectivity index (χ4n) is 3.66. The van der Waals surface area contributed by atoms with Crippen LogP contribution in [0, 0.1) is 23.0 Å². The van der Waals surface area contributed by atoms with E-state index in [-0.39, 0.29) is 13.0 Å². The van der Waals surface area contributed by atoms with Gasteiger partial charge in [0, 0.05) is 13.0 Å². The fourth-order valence-corrected chi connectivity index (χ4v) is 3.66. The van der Waals surface area contributed by atoms with Gasteiger partial charge in [0.1, 0.15) is 11.6 Å². The van der Waals surface area contributed by atoms with Crippen molar-refractivity contribution < 1.29 is 23.0 Å². The molecule has 0 aromatic heterocycles. The molecule has 0 spiro atoms. The predicted octanol–water partition coefficient (Wildman–Crippen LogP) is 3.60. The molecule has 7 heteroatoms. The van der Waals surface area contributed by atoms with Crippen LogP contribution in [-0.4, -0.2) is 25.7 Å². The van der Waals surface area contributed by atoms with E-state index < -0.39 is 28.7 Å². The van der Waals surface area contributed by atoms with Crippen LogP contribution < -0.4 is 5.73 Å². The third-order valence-electron chi connectivity index (χ3n) is 5.10. The highest BCUT2D eigenvalue weighted by molar-refractivity contribution is 5.86. The topological polar surface area (TPSA) is 85.3 Å². The van der Waals surface area contributed by atoms with Gasteiger partial charge in [0.15, 0.2) is 5.60 Å². The second-order valence-corrected chi connectivity index (χ2v) is 6.98. The van der Waals surface area contributed by atoms with Crippen molar-refractivity contribution >= 4 is 11.5 Å². The summed E-state index contributed by atoms with van der Waals surface area (Å²) in [6.07, 6.45) is 2.14. The van der Waals surface area contributed by atoms with Gasteiger partial charge in [-0.2, -0.15) is 5.26 Å². The van der Waals surface area contributed by atoms with Crippen molar-refractivity contribution in [3.63, 3.8) is 0 Å². The molecule has 30 heavy (non-hydrogen) atoms. The maximum Gasteiger partial charge on any atom is 0.254 e. The van der Waals surface area contributed by atoms with Crippen LogP contribution in [0.3, 0.4) is 0 Å². The van der Waals surface area contributed by atoms with Gasteiger partial charge in [-0.05, 0) is 54.3 Å². The van der Waals surface area contributed by atoms with Crippen molar-refractivity contribution in [3.8, 4) is 6.07 Å². The van der Waals surface area contributed by atoms with Crippen molar-refractivity contribution in [2.75, 3.05) is 19.8 Å². The minimum atomic E-state index is -2.03. The van der Waals surface area contributed by atoms with Crippen LogP contribution in [0.1, 0.15) is 35.6 Å². The maximum atomic E-state index is 15.2. The van der Waals surface area contributed by atoms with Crippen LogP contribution in [0.5, 0.6) is 0 Å². The van der Waals surface area contributed by atoms with Crippen molar-refractivity contribution in [1.82, 2.24) is 0 Å². The van der Waals surface area contributed by atoms with Gasteiger partial charge in [0.2, 0.25) is 0 Å². The molecule has 1 heterocycles. The number of ether oxygens (including phenoxy) is 2. The van der Waals surface area contributed by atoms with Gasteiger partial charge in [-0.25, -0.2) is 8.78 Å². The molecule has 3 rings (SSSR count). The molecule has 1 atom stereocenters. The Kier molecular flexibility index (Phi) is 6.60. The molecule has 0 fully saturated rings. The van der Waals surface area contributed by atoms with Gasteiger partial charge in [-0.1, -0.05) is 18.2 Å². The van der Waals surface area contributed by atoms with Crippen LogP contribution in [0.4, 0.5) is 8.78 Å². The van der Waals surface area contributed by atoms with Crippen LogP contribution in [0.15, 0.2) is 42.5 Å². The molecule has 0 radical (unpaired) electrons. The number of nitrogens with two attached hydrogens (primary N) is 1. The number of rotatable bonds is 7. The summed E-state index contributed by atoms with van der Waals surface area (Å²) < 4.78 is 41.3. The third-order valence-corrected chi connectivity index (χ3v) is 5.10. The molecule has 1 aliphatic heterocycles. The van der Waals surface area contributed by atoms with E-state index >= 15 is 8.78 Å². The lowest BCUT2D eigenvalue weighted by Gasteiger charge is -2.32. The first-order valence-corrected chi connectivity index (χ1v) is 9.61. The quantitative estimate of drug-likeness (QED) is 0.753. The van der Waals surface area contributed by atoms with Crippen molar-refractivity contribution in [3.05, 3.63) is 76.4 Å². The Morgan fingerprint density at radius 2 is 1.93 bits per heavy atom. The zero-order valence-electron chi connectivity index (χ0n) is 16.6. The van der Waals surface area contributed by atoms with Crippen LogP contribution in [0.25, 0.3) is 5.57 Å². The van der Waals surface area contributed by atoms with E-state index in [0.717, 1.165) is 5.57 Å². The second-order valence-electron chi connectivity index (χ2n) is 6.98. The normalized spacial score (nSPS) is 15.7. The van der Waals surface area contributed by atoms with E-state index in [1.54, 1.807) is 37.3 Å². The molecular weight excluding hydrogens is 390 g/mol. The Bertz CT molecular complexity index is 989. The number of nitriles is 1. The Morgan fingerprint density at radius 3 is 2.43 bits per heavy atom. The number of benzene rings is 2. The third kappa shape index (κ3) is 4.25. The van der Waals surface area contributed by atoms with Gasteiger partial charge < -0.3 is 15.2 Å². The predicted molar refractivity (Wildman–Crippen MR) is 107 cm³/mol. The van der Waals surface area contributed by atoms with Crippen molar-refractivity contribution in [2.45, 2.75) is 25.4 Å². The summed E-state index contributed by atoms with van der Waals surface area (Å²) in [6.45, 7) is 2.48. The Morgan fingerprint density at radius 1 is 1.27 bits per heavy atom. The maximum absolute atomic E-state index is 15.2. The van der Waals surface area contributed by atoms with Crippen molar-refractivity contribution in [2.24, 2.45) is 5.73 Å². The molecule has 2 aromatic carbocycles. The van der Waals surface area contributed by atoms with E-state index in [1.807, 2.05) is 6.07 Å². The van der Waals surface area contributed by atoms with Crippen LogP contribution >= 0.6 is 0 Å². The smallest absolute Gasteiger partial charge is 0.254 e. The number of primary amides is 1. The molecule has 2 N–H and O–H groups in total. The molecule has 1 unspecified atom stereocenters. The summed E-state index contributed by atoms with van der Waals surface area (Å²) in [4.78, 5) is 12.5. The average molecular weight is 412 g/mol. The lowest BCUT2D eigenvalue weighted by atomic mass is 9.84. The lowest BCUT2D eigenvalue weighted by Crippen LogP contribution is -2.47. The summed E-state index contributed by atoms with van der Waals surface area (Å²) in [5.74, 6) is -2.80. The molecule has 2 aromatic rings. The molecule has 0 bridgehead atoms.